The summed E-state index contributed by atoms with van der Waals surface area (Å²) in [6, 6.07) is 10.5. The minimum atomic E-state index is -1.07. The van der Waals surface area contributed by atoms with Crippen LogP contribution in [0.3, 0.4) is 0 Å². The van der Waals surface area contributed by atoms with E-state index in [0.717, 1.165) is 0 Å². The van der Waals surface area contributed by atoms with Gasteiger partial charge in [-0.05, 0) is 35.2 Å². The van der Waals surface area contributed by atoms with Crippen LogP contribution in [0, 0.1) is 0 Å². The molecule has 5 nitrogen and oxygen atoms in total. The Morgan fingerprint density at radius 3 is 2.00 bits per heavy atom. The fraction of sp³-hybridized carbons (Fsp3) is 0.316. The largest absolute Gasteiger partial charge is 0.493 e. The minimum Gasteiger partial charge on any atom is -0.493 e. The third kappa shape index (κ3) is 3.79. The lowest BCUT2D eigenvalue weighted by atomic mass is 9.87. The summed E-state index contributed by atoms with van der Waals surface area (Å²) in [6.07, 6.45) is 0. The van der Waals surface area contributed by atoms with E-state index in [2.05, 4.69) is 20.8 Å². The third-order valence-corrected chi connectivity index (χ3v) is 3.64. The molecule has 0 fully saturated rings. The standard InChI is InChI=1S/C19H22O5/c1-19(2,3)13-6-8-14(9-7-13)24-16-11-12(18(20)21)10-15(22-4)17(16)23-5/h6-11H,1-5H3,(H,20,21). The molecule has 0 aliphatic heterocycles. The summed E-state index contributed by atoms with van der Waals surface area (Å²) < 4.78 is 16.3. The normalized spacial score (nSPS) is 11.0. The fourth-order valence-electron chi connectivity index (χ4n) is 2.28. The molecule has 0 aliphatic carbocycles. The topological polar surface area (TPSA) is 65.0 Å². The molecule has 0 unspecified atom stereocenters. The highest BCUT2D eigenvalue weighted by Gasteiger charge is 2.18. The summed E-state index contributed by atoms with van der Waals surface area (Å²) in [6.45, 7) is 6.40. The van der Waals surface area contributed by atoms with Crippen molar-refractivity contribution < 1.29 is 24.1 Å². The Labute approximate surface area is 141 Å². The summed E-state index contributed by atoms with van der Waals surface area (Å²) in [4.78, 5) is 11.3. The number of carboxylic acids is 1. The van der Waals surface area contributed by atoms with Crippen molar-refractivity contribution >= 4 is 5.97 Å². The Morgan fingerprint density at radius 1 is 0.958 bits per heavy atom. The zero-order valence-electron chi connectivity index (χ0n) is 14.5. The number of carbonyl (C=O) groups is 1. The van der Waals surface area contributed by atoms with Gasteiger partial charge in [-0.25, -0.2) is 4.79 Å². The van der Waals surface area contributed by atoms with Crippen molar-refractivity contribution in [3.63, 3.8) is 0 Å². The second kappa shape index (κ2) is 6.83. The lowest BCUT2D eigenvalue weighted by molar-refractivity contribution is 0.0696. The number of aromatic carboxylic acids is 1. The molecule has 2 aromatic carbocycles. The van der Waals surface area contributed by atoms with Gasteiger partial charge in [0, 0.05) is 0 Å². The Bertz CT molecular complexity index is 727. The van der Waals surface area contributed by atoms with E-state index in [1.54, 1.807) is 0 Å². The van der Waals surface area contributed by atoms with Crippen molar-refractivity contribution in [3.8, 4) is 23.0 Å². The molecule has 0 saturated carbocycles. The molecule has 0 bridgehead atoms. The first-order valence-corrected chi connectivity index (χ1v) is 7.54. The van der Waals surface area contributed by atoms with Crippen LogP contribution in [0.25, 0.3) is 0 Å². The van der Waals surface area contributed by atoms with E-state index in [9.17, 15) is 9.90 Å². The fourth-order valence-corrected chi connectivity index (χ4v) is 2.28. The van der Waals surface area contributed by atoms with Crippen LogP contribution < -0.4 is 14.2 Å². The predicted octanol–water partition coefficient (Wildman–Crippen LogP) is 4.49. The predicted molar refractivity (Wildman–Crippen MR) is 91.7 cm³/mol. The van der Waals surface area contributed by atoms with Gasteiger partial charge in [0.15, 0.2) is 11.5 Å². The zero-order chi connectivity index (χ0) is 17.9. The monoisotopic (exact) mass is 330 g/mol. The lowest BCUT2D eigenvalue weighted by Crippen LogP contribution is -2.10. The minimum absolute atomic E-state index is 0.0443. The second-order valence-electron chi connectivity index (χ2n) is 6.39. The molecule has 0 atom stereocenters. The van der Waals surface area contributed by atoms with Crippen molar-refractivity contribution in [3.05, 3.63) is 47.5 Å². The molecule has 0 aliphatic rings. The van der Waals surface area contributed by atoms with E-state index in [0.29, 0.717) is 17.2 Å². The van der Waals surface area contributed by atoms with E-state index in [1.165, 1.54) is 31.9 Å². The zero-order valence-corrected chi connectivity index (χ0v) is 14.5. The third-order valence-electron chi connectivity index (χ3n) is 3.64. The number of methoxy groups -OCH3 is 2. The molecule has 0 amide bonds. The summed E-state index contributed by atoms with van der Waals surface area (Å²) in [5.74, 6) is 0.466. The molecule has 0 spiro atoms. The maximum Gasteiger partial charge on any atom is 0.335 e. The van der Waals surface area contributed by atoms with Gasteiger partial charge in [-0.1, -0.05) is 32.9 Å². The summed E-state index contributed by atoms with van der Waals surface area (Å²) in [7, 11) is 2.93. The Hall–Kier alpha value is -2.69. The van der Waals surface area contributed by atoms with Gasteiger partial charge in [-0.2, -0.15) is 0 Å². The highest BCUT2D eigenvalue weighted by Crippen LogP contribution is 2.41. The van der Waals surface area contributed by atoms with Gasteiger partial charge >= 0.3 is 5.97 Å². The number of hydrogen-bond donors (Lipinski definition) is 1. The lowest BCUT2D eigenvalue weighted by Gasteiger charge is -2.19. The van der Waals surface area contributed by atoms with Crippen LogP contribution >= 0.6 is 0 Å². The van der Waals surface area contributed by atoms with Crippen LogP contribution in [0.15, 0.2) is 36.4 Å². The van der Waals surface area contributed by atoms with E-state index in [-0.39, 0.29) is 16.7 Å². The Morgan fingerprint density at radius 2 is 1.54 bits per heavy atom. The van der Waals surface area contributed by atoms with Gasteiger partial charge in [-0.15, -0.1) is 0 Å². The van der Waals surface area contributed by atoms with Gasteiger partial charge in [0.1, 0.15) is 5.75 Å². The van der Waals surface area contributed by atoms with Gasteiger partial charge in [0.05, 0.1) is 19.8 Å². The van der Waals surface area contributed by atoms with Crippen molar-refractivity contribution in [2.24, 2.45) is 0 Å². The van der Waals surface area contributed by atoms with E-state index < -0.39 is 5.97 Å². The first kappa shape index (κ1) is 17.7. The highest BCUT2D eigenvalue weighted by atomic mass is 16.5. The first-order valence-electron chi connectivity index (χ1n) is 7.54. The van der Waals surface area contributed by atoms with Crippen LogP contribution in [0.1, 0.15) is 36.7 Å². The van der Waals surface area contributed by atoms with Crippen molar-refractivity contribution in [1.82, 2.24) is 0 Å². The number of ether oxygens (including phenoxy) is 3. The van der Waals surface area contributed by atoms with Crippen LogP contribution in [-0.4, -0.2) is 25.3 Å². The SMILES string of the molecule is COc1cc(C(=O)O)cc(Oc2ccc(C(C)(C)C)cc2)c1OC. The van der Waals surface area contributed by atoms with Crippen LogP contribution in [0.2, 0.25) is 0 Å². The molecule has 5 heteroatoms. The van der Waals surface area contributed by atoms with Gasteiger partial charge in [0.2, 0.25) is 5.75 Å². The van der Waals surface area contributed by atoms with Crippen LogP contribution in [0.4, 0.5) is 0 Å². The quantitative estimate of drug-likeness (QED) is 0.875. The molecule has 0 heterocycles. The number of benzene rings is 2. The first-order chi connectivity index (χ1) is 11.3. The Kier molecular flexibility index (Phi) is 5.02. The molecular weight excluding hydrogens is 308 g/mol. The molecular formula is C19H22O5. The van der Waals surface area contributed by atoms with Crippen molar-refractivity contribution in [1.29, 1.82) is 0 Å². The summed E-state index contributed by atoms with van der Waals surface area (Å²) >= 11 is 0. The van der Waals surface area contributed by atoms with Crippen molar-refractivity contribution in [2.75, 3.05) is 14.2 Å². The maximum absolute atomic E-state index is 11.3. The van der Waals surface area contributed by atoms with Crippen LogP contribution in [-0.2, 0) is 5.41 Å². The van der Waals surface area contributed by atoms with E-state index in [4.69, 9.17) is 14.2 Å². The van der Waals surface area contributed by atoms with E-state index >= 15 is 0 Å². The smallest absolute Gasteiger partial charge is 0.335 e. The van der Waals surface area contributed by atoms with Crippen molar-refractivity contribution in [2.45, 2.75) is 26.2 Å². The molecule has 128 valence electrons. The van der Waals surface area contributed by atoms with Crippen LogP contribution in [0.5, 0.6) is 23.0 Å². The summed E-state index contributed by atoms with van der Waals surface area (Å²) in [5.41, 5.74) is 1.29. The summed E-state index contributed by atoms with van der Waals surface area (Å²) in [5, 5.41) is 9.23. The number of carboxylic acid groups (broad SMARTS) is 1. The molecule has 1 N–H and O–H groups in total. The molecule has 0 radical (unpaired) electrons. The average molecular weight is 330 g/mol. The number of rotatable bonds is 5. The molecule has 0 aromatic heterocycles. The van der Waals surface area contributed by atoms with E-state index in [1.807, 2.05) is 24.3 Å². The Balaban J connectivity index is 2.41. The molecule has 2 aromatic rings. The highest BCUT2D eigenvalue weighted by molar-refractivity contribution is 5.89. The molecule has 24 heavy (non-hydrogen) atoms. The molecule has 0 saturated heterocycles. The number of hydrogen-bond acceptors (Lipinski definition) is 4. The maximum atomic E-state index is 11.3. The van der Waals surface area contributed by atoms with Gasteiger partial charge in [-0.3, -0.25) is 0 Å². The van der Waals surface area contributed by atoms with Gasteiger partial charge < -0.3 is 19.3 Å². The average Bonchev–Trinajstić information content (AvgIpc) is 2.53. The second-order valence-corrected chi connectivity index (χ2v) is 6.39. The molecule has 2 rings (SSSR count). The van der Waals surface area contributed by atoms with Gasteiger partial charge in [0.25, 0.3) is 0 Å².